The molecular formula is C26H28INO. The van der Waals surface area contributed by atoms with Crippen molar-refractivity contribution in [2.45, 2.75) is 55.0 Å². The van der Waals surface area contributed by atoms with E-state index in [0.29, 0.717) is 5.92 Å². The fourth-order valence-corrected chi connectivity index (χ4v) is 6.46. The Morgan fingerprint density at radius 1 is 0.931 bits per heavy atom. The van der Waals surface area contributed by atoms with Crippen LogP contribution >= 0.6 is 22.6 Å². The Hall–Kier alpha value is -1.62. The number of para-hydroxylation sites is 1. The van der Waals surface area contributed by atoms with E-state index in [4.69, 9.17) is 4.74 Å². The van der Waals surface area contributed by atoms with Gasteiger partial charge in [0.05, 0.1) is 11.7 Å². The zero-order valence-electron chi connectivity index (χ0n) is 16.8. The number of nitrogens with zero attached hydrogens (tertiary/aromatic N) is 1. The number of ether oxygens (including phenoxy) is 1. The molecular weight excluding hydrogens is 469 g/mol. The van der Waals surface area contributed by atoms with Crippen molar-refractivity contribution in [3.8, 4) is 5.75 Å². The molecule has 2 aliphatic carbocycles. The van der Waals surface area contributed by atoms with E-state index in [1.807, 2.05) is 12.3 Å². The number of hydrogen-bond acceptors (Lipinski definition) is 2. The Morgan fingerprint density at radius 2 is 1.76 bits per heavy atom. The van der Waals surface area contributed by atoms with Crippen LogP contribution in [-0.4, -0.2) is 8.91 Å². The predicted octanol–water partition coefficient (Wildman–Crippen LogP) is 7.30. The molecule has 0 bridgehead atoms. The average molecular weight is 497 g/mol. The number of hydrogen-bond donors (Lipinski definition) is 0. The molecule has 1 fully saturated rings. The summed E-state index contributed by atoms with van der Waals surface area (Å²) in [7, 11) is 0. The van der Waals surface area contributed by atoms with E-state index < -0.39 is 0 Å². The van der Waals surface area contributed by atoms with Crippen LogP contribution in [0, 0.1) is 11.8 Å². The lowest BCUT2D eigenvalue weighted by Gasteiger charge is -2.38. The summed E-state index contributed by atoms with van der Waals surface area (Å²) in [5, 5.41) is 1.15. The SMILES string of the molecule is I[C@H]1CCCCC([C@H]2CCc3ccccc3[C@@H]2Oc2cnc3ccccc3c2)C1. The third-order valence-corrected chi connectivity index (χ3v) is 7.96. The topological polar surface area (TPSA) is 22.1 Å². The second-order valence-corrected chi connectivity index (χ2v) is 10.4. The quantitative estimate of drug-likeness (QED) is 0.215. The molecule has 150 valence electrons. The predicted molar refractivity (Wildman–Crippen MR) is 128 cm³/mol. The van der Waals surface area contributed by atoms with Gasteiger partial charge in [-0.05, 0) is 61.3 Å². The number of benzene rings is 2. The van der Waals surface area contributed by atoms with Gasteiger partial charge >= 0.3 is 0 Å². The molecule has 1 unspecified atom stereocenters. The zero-order valence-corrected chi connectivity index (χ0v) is 18.9. The van der Waals surface area contributed by atoms with E-state index >= 15 is 0 Å². The summed E-state index contributed by atoms with van der Waals surface area (Å²) < 4.78 is 7.57. The Balaban J connectivity index is 1.49. The molecule has 0 radical (unpaired) electrons. The van der Waals surface area contributed by atoms with Crippen LogP contribution in [0.5, 0.6) is 5.75 Å². The van der Waals surface area contributed by atoms with E-state index in [2.05, 4.69) is 76.1 Å². The van der Waals surface area contributed by atoms with Crippen molar-refractivity contribution >= 4 is 33.5 Å². The summed E-state index contributed by atoms with van der Waals surface area (Å²) in [4.78, 5) is 4.64. The number of aryl methyl sites for hydroxylation is 1. The maximum absolute atomic E-state index is 6.77. The second kappa shape index (κ2) is 8.63. The maximum Gasteiger partial charge on any atom is 0.139 e. The van der Waals surface area contributed by atoms with Gasteiger partial charge in [0.15, 0.2) is 0 Å². The fourth-order valence-electron chi connectivity index (χ4n) is 5.36. The number of pyridine rings is 1. The molecule has 1 saturated carbocycles. The second-order valence-electron chi connectivity index (χ2n) is 8.68. The van der Waals surface area contributed by atoms with Crippen LogP contribution < -0.4 is 4.74 Å². The van der Waals surface area contributed by atoms with Crippen molar-refractivity contribution in [2.24, 2.45) is 11.8 Å². The average Bonchev–Trinajstić information content (AvgIpc) is 2.98. The molecule has 5 rings (SSSR count). The minimum absolute atomic E-state index is 0.134. The molecule has 0 saturated heterocycles. The lowest BCUT2D eigenvalue weighted by Crippen LogP contribution is -2.31. The summed E-state index contributed by atoms with van der Waals surface area (Å²) in [6.07, 6.45) is 11.3. The van der Waals surface area contributed by atoms with E-state index in [-0.39, 0.29) is 6.10 Å². The summed E-state index contributed by atoms with van der Waals surface area (Å²) in [6.45, 7) is 0. The Bertz CT molecular complexity index is 987. The molecule has 0 spiro atoms. The molecule has 2 aliphatic rings. The Kier molecular flexibility index (Phi) is 5.76. The molecule has 2 nitrogen and oxygen atoms in total. The van der Waals surface area contributed by atoms with Gasteiger partial charge in [0.25, 0.3) is 0 Å². The molecule has 1 heterocycles. The van der Waals surface area contributed by atoms with Crippen molar-refractivity contribution in [1.29, 1.82) is 0 Å². The van der Waals surface area contributed by atoms with Gasteiger partial charge in [-0.1, -0.05) is 77.9 Å². The van der Waals surface area contributed by atoms with Crippen molar-refractivity contribution in [3.63, 3.8) is 0 Å². The van der Waals surface area contributed by atoms with Crippen LogP contribution in [0.15, 0.2) is 60.8 Å². The first kappa shape index (κ1) is 19.3. The summed E-state index contributed by atoms with van der Waals surface area (Å²) in [5.74, 6) is 2.24. The van der Waals surface area contributed by atoms with Gasteiger partial charge < -0.3 is 4.74 Å². The van der Waals surface area contributed by atoms with Gasteiger partial charge in [-0.3, -0.25) is 4.98 Å². The van der Waals surface area contributed by atoms with Gasteiger partial charge in [-0.2, -0.15) is 0 Å². The monoisotopic (exact) mass is 497 g/mol. The third kappa shape index (κ3) is 4.16. The molecule has 0 N–H and O–H groups in total. The van der Waals surface area contributed by atoms with Crippen LogP contribution in [0.4, 0.5) is 0 Å². The normalized spacial score (nSPS) is 27.2. The van der Waals surface area contributed by atoms with Gasteiger partial charge in [-0.25, -0.2) is 0 Å². The molecule has 3 heteroatoms. The number of rotatable bonds is 3. The zero-order chi connectivity index (χ0) is 19.6. The highest BCUT2D eigenvalue weighted by Crippen LogP contribution is 2.46. The van der Waals surface area contributed by atoms with Crippen molar-refractivity contribution in [2.75, 3.05) is 0 Å². The maximum atomic E-state index is 6.77. The molecule has 2 aromatic carbocycles. The first-order valence-corrected chi connectivity index (χ1v) is 12.3. The molecule has 0 amide bonds. The van der Waals surface area contributed by atoms with E-state index in [9.17, 15) is 0 Å². The Morgan fingerprint density at radius 3 is 2.72 bits per heavy atom. The smallest absolute Gasteiger partial charge is 0.139 e. The van der Waals surface area contributed by atoms with Gasteiger partial charge in [0, 0.05) is 15.2 Å². The van der Waals surface area contributed by atoms with Crippen LogP contribution in [0.2, 0.25) is 0 Å². The highest BCUT2D eigenvalue weighted by molar-refractivity contribution is 14.1. The number of halogens is 1. The molecule has 3 aromatic rings. The number of alkyl halides is 1. The first-order valence-electron chi connectivity index (χ1n) is 11.0. The molecule has 1 aromatic heterocycles. The van der Waals surface area contributed by atoms with Crippen molar-refractivity contribution in [1.82, 2.24) is 4.98 Å². The van der Waals surface area contributed by atoms with Crippen LogP contribution in [-0.2, 0) is 6.42 Å². The van der Waals surface area contributed by atoms with Crippen LogP contribution in [0.3, 0.4) is 0 Å². The Labute approximate surface area is 187 Å². The first-order chi connectivity index (χ1) is 14.3. The third-order valence-electron chi connectivity index (χ3n) is 6.83. The molecule has 4 atom stereocenters. The van der Waals surface area contributed by atoms with Gasteiger partial charge in [-0.15, -0.1) is 0 Å². The summed E-state index contributed by atoms with van der Waals surface area (Å²) >= 11 is 2.68. The highest BCUT2D eigenvalue weighted by atomic mass is 127. The minimum atomic E-state index is 0.134. The van der Waals surface area contributed by atoms with E-state index in [0.717, 1.165) is 26.5 Å². The number of aromatic nitrogens is 1. The van der Waals surface area contributed by atoms with Crippen molar-refractivity contribution < 1.29 is 4.74 Å². The van der Waals surface area contributed by atoms with Crippen LogP contribution in [0.25, 0.3) is 10.9 Å². The van der Waals surface area contributed by atoms with Crippen LogP contribution in [0.1, 0.15) is 55.8 Å². The van der Waals surface area contributed by atoms with E-state index in [1.54, 1.807) is 0 Å². The summed E-state index contributed by atoms with van der Waals surface area (Å²) in [5.41, 5.74) is 3.88. The molecule has 29 heavy (non-hydrogen) atoms. The lowest BCUT2D eigenvalue weighted by atomic mass is 9.72. The van der Waals surface area contributed by atoms with Crippen molar-refractivity contribution in [3.05, 3.63) is 71.9 Å². The molecule has 0 aliphatic heterocycles. The van der Waals surface area contributed by atoms with Gasteiger partial charge in [0.1, 0.15) is 11.9 Å². The minimum Gasteiger partial charge on any atom is -0.484 e. The standard InChI is InChI=1S/C26H28INO/c27-21-10-4-1-8-19(15-21)24-14-13-18-7-2-5-11-23(18)26(24)29-22-16-20-9-3-6-12-25(20)28-17-22/h2-3,5-7,9,11-12,16-17,19,21,24,26H,1,4,8,10,13-15H2/t19?,21-,24+,26-/m0/s1. The summed E-state index contributed by atoms with van der Waals surface area (Å²) in [6, 6.07) is 19.4. The van der Waals surface area contributed by atoms with E-state index in [1.165, 1.54) is 56.1 Å². The lowest BCUT2D eigenvalue weighted by molar-refractivity contribution is 0.0730. The number of fused-ring (bicyclic) bond motifs is 2. The van der Waals surface area contributed by atoms with Gasteiger partial charge in [0.2, 0.25) is 0 Å². The fraction of sp³-hybridized carbons (Fsp3) is 0.423. The largest absolute Gasteiger partial charge is 0.484 e. The highest BCUT2D eigenvalue weighted by Gasteiger charge is 2.37.